The minimum Gasteiger partial charge on any atom is -0.439 e. The zero-order chi connectivity index (χ0) is 22.2. The first-order chi connectivity index (χ1) is 15.5. The largest absolute Gasteiger partial charge is 0.439 e. The van der Waals surface area contributed by atoms with Gasteiger partial charge in [-0.1, -0.05) is 6.07 Å². The lowest BCUT2D eigenvalue weighted by molar-refractivity contribution is 0.0415. The fourth-order valence-corrected chi connectivity index (χ4v) is 3.85. The van der Waals surface area contributed by atoms with Crippen LogP contribution in [0.25, 0.3) is 22.4 Å². The third-order valence-corrected chi connectivity index (χ3v) is 5.75. The minimum atomic E-state index is -2.77. The number of nitrogens with zero attached hydrogens (tertiary/aromatic N) is 8. The summed E-state index contributed by atoms with van der Waals surface area (Å²) in [5.41, 5.74) is 4.43. The van der Waals surface area contributed by atoms with Crippen molar-refractivity contribution in [3.8, 4) is 11.3 Å². The van der Waals surface area contributed by atoms with E-state index in [0.717, 1.165) is 48.8 Å². The Morgan fingerprint density at radius 3 is 2.66 bits per heavy atom. The van der Waals surface area contributed by atoms with Crippen LogP contribution in [0.15, 0.2) is 35.1 Å². The molecule has 0 spiro atoms. The molecule has 0 atom stereocenters. The van der Waals surface area contributed by atoms with E-state index in [2.05, 4.69) is 41.9 Å². The summed E-state index contributed by atoms with van der Waals surface area (Å²) < 4.78 is 31.4. The quantitative estimate of drug-likeness (QED) is 0.467. The van der Waals surface area contributed by atoms with Crippen LogP contribution in [0.1, 0.15) is 23.7 Å². The second-order valence-electron chi connectivity index (χ2n) is 7.79. The molecule has 0 aliphatic carbocycles. The van der Waals surface area contributed by atoms with Crippen LogP contribution in [0.2, 0.25) is 0 Å². The Hall–Kier alpha value is -3.47. The molecule has 0 saturated carbocycles. The van der Waals surface area contributed by atoms with Crippen molar-refractivity contribution < 1.29 is 13.2 Å². The van der Waals surface area contributed by atoms with Gasteiger partial charge in [-0.15, -0.1) is 9.90 Å². The van der Waals surface area contributed by atoms with E-state index >= 15 is 0 Å². The molecule has 4 aromatic rings. The lowest BCUT2D eigenvalue weighted by Crippen LogP contribution is -2.46. The van der Waals surface area contributed by atoms with E-state index < -0.39 is 6.55 Å². The monoisotopic (exact) mass is 440 g/mol. The topological polar surface area (TPSA) is 89.0 Å². The molecule has 3 aromatic heterocycles. The van der Waals surface area contributed by atoms with E-state index in [-0.39, 0.29) is 0 Å². The summed E-state index contributed by atoms with van der Waals surface area (Å²) >= 11 is 0. The molecule has 1 aliphatic rings. The van der Waals surface area contributed by atoms with Crippen molar-refractivity contribution in [3.63, 3.8) is 0 Å². The van der Waals surface area contributed by atoms with Crippen LogP contribution in [0.5, 0.6) is 0 Å². The highest BCUT2D eigenvalue weighted by Crippen LogP contribution is 2.25. The molecule has 0 amide bonds. The van der Waals surface area contributed by atoms with Gasteiger partial charge in [0.25, 0.3) is 0 Å². The Morgan fingerprint density at radius 1 is 1.09 bits per heavy atom. The van der Waals surface area contributed by atoms with Crippen molar-refractivity contribution in [2.75, 3.05) is 31.1 Å². The maximum Gasteiger partial charge on any atom is 0.348 e. The third kappa shape index (κ3) is 3.91. The van der Waals surface area contributed by atoms with E-state index in [4.69, 9.17) is 4.42 Å². The Morgan fingerprint density at radius 2 is 1.91 bits per heavy atom. The second-order valence-corrected chi connectivity index (χ2v) is 7.79. The minimum absolute atomic E-state index is 0.358. The molecule has 9 nitrogen and oxygen atoms in total. The number of hydrogen-bond donors (Lipinski definition) is 0. The van der Waals surface area contributed by atoms with Crippen molar-refractivity contribution in [3.05, 3.63) is 47.9 Å². The third-order valence-electron chi connectivity index (χ3n) is 5.75. The second kappa shape index (κ2) is 8.23. The maximum absolute atomic E-state index is 12.7. The molecule has 1 aliphatic heterocycles. The van der Waals surface area contributed by atoms with Crippen molar-refractivity contribution >= 4 is 16.9 Å². The Balaban J connectivity index is 1.26. The van der Waals surface area contributed by atoms with Gasteiger partial charge in [0, 0.05) is 43.0 Å². The van der Waals surface area contributed by atoms with Gasteiger partial charge in [0.05, 0.1) is 12.7 Å². The van der Waals surface area contributed by atoms with Crippen molar-refractivity contribution in [1.82, 2.24) is 34.8 Å². The van der Waals surface area contributed by atoms with Crippen LogP contribution in [-0.4, -0.2) is 61.0 Å². The standard InChI is InChI=1S/C21H22F2N8O/c1-13-14(2)24-12-25-20(13)30-7-5-29(6-8-30)11-19-27-16-4-3-15(9-18(16)32-19)17-10-26-31(28-17)21(22)23/h3-4,9-10,12,21H,5-8,11H2,1-2H3. The van der Waals surface area contributed by atoms with Crippen LogP contribution in [0.4, 0.5) is 14.6 Å². The molecule has 1 aromatic carbocycles. The van der Waals surface area contributed by atoms with E-state index in [1.54, 1.807) is 24.5 Å². The van der Waals surface area contributed by atoms with E-state index in [1.807, 2.05) is 6.92 Å². The predicted molar refractivity (Wildman–Crippen MR) is 113 cm³/mol. The SMILES string of the molecule is Cc1ncnc(N2CCN(Cc3nc4ccc(-c5cnn(C(F)F)n5)cc4o3)CC2)c1C. The summed E-state index contributed by atoms with van der Waals surface area (Å²) in [4.78, 5) is 18.2. The van der Waals surface area contributed by atoms with Crippen molar-refractivity contribution in [2.45, 2.75) is 26.9 Å². The van der Waals surface area contributed by atoms with Gasteiger partial charge in [-0.3, -0.25) is 4.90 Å². The number of aromatic nitrogens is 6. The summed E-state index contributed by atoms with van der Waals surface area (Å²) in [6, 6.07) is 5.33. The van der Waals surface area contributed by atoms with Crippen molar-refractivity contribution in [2.24, 2.45) is 0 Å². The van der Waals surface area contributed by atoms with Crippen LogP contribution >= 0.6 is 0 Å². The summed E-state index contributed by atoms with van der Waals surface area (Å²) in [5, 5.41) is 7.39. The molecule has 11 heteroatoms. The Kier molecular flexibility index (Phi) is 5.25. The molecule has 32 heavy (non-hydrogen) atoms. The number of anilines is 1. The average Bonchev–Trinajstić information content (AvgIpc) is 3.43. The lowest BCUT2D eigenvalue weighted by atomic mass is 10.1. The van der Waals surface area contributed by atoms with Gasteiger partial charge in [-0.05, 0) is 26.0 Å². The number of alkyl halides is 2. The number of hydrogen-bond acceptors (Lipinski definition) is 8. The van der Waals surface area contributed by atoms with Crippen LogP contribution in [0.3, 0.4) is 0 Å². The van der Waals surface area contributed by atoms with Gasteiger partial charge < -0.3 is 9.32 Å². The van der Waals surface area contributed by atoms with Gasteiger partial charge in [0.15, 0.2) is 5.58 Å². The maximum atomic E-state index is 12.7. The highest BCUT2D eigenvalue weighted by atomic mass is 19.3. The number of halogens is 2. The summed E-state index contributed by atoms with van der Waals surface area (Å²) in [7, 11) is 0. The fourth-order valence-electron chi connectivity index (χ4n) is 3.85. The molecule has 0 radical (unpaired) electrons. The first kappa shape index (κ1) is 20.4. The van der Waals surface area contributed by atoms with E-state index in [1.165, 1.54) is 6.20 Å². The van der Waals surface area contributed by atoms with Crippen molar-refractivity contribution in [1.29, 1.82) is 0 Å². The molecular formula is C21H22F2N8O. The van der Waals surface area contributed by atoms with Crippen LogP contribution in [-0.2, 0) is 6.54 Å². The molecule has 1 fully saturated rings. The fraction of sp³-hybridized carbons (Fsp3) is 0.381. The van der Waals surface area contributed by atoms with Gasteiger partial charge in [-0.2, -0.15) is 13.9 Å². The summed E-state index contributed by atoms with van der Waals surface area (Å²) in [5.74, 6) is 1.62. The number of aryl methyl sites for hydroxylation is 1. The molecular weight excluding hydrogens is 418 g/mol. The summed E-state index contributed by atoms with van der Waals surface area (Å²) in [6.07, 6.45) is 2.93. The van der Waals surface area contributed by atoms with Gasteiger partial charge >= 0.3 is 6.55 Å². The normalized spacial score (nSPS) is 15.2. The van der Waals surface area contributed by atoms with Gasteiger partial charge in [0.2, 0.25) is 5.89 Å². The van der Waals surface area contributed by atoms with E-state index in [9.17, 15) is 8.78 Å². The molecule has 1 saturated heterocycles. The van der Waals surface area contributed by atoms with E-state index in [0.29, 0.717) is 34.1 Å². The summed E-state index contributed by atoms with van der Waals surface area (Å²) in [6.45, 7) is 5.33. The lowest BCUT2D eigenvalue weighted by Gasteiger charge is -2.35. The first-order valence-electron chi connectivity index (χ1n) is 10.3. The number of rotatable bonds is 5. The predicted octanol–water partition coefficient (Wildman–Crippen LogP) is 3.21. The smallest absolute Gasteiger partial charge is 0.348 e. The number of fused-ring (bicyclic) bond motifs is 1. The molecule has 4 heterocycles. The number of piperazine rings is 1. The Bertz CT molecular complexity index is 1250. The molecule has 0 unspecified atom stereocenters. The zero-order valence-corrected chi connectivity index (χ0v) is 17.7. The molecule has 166 valence electrons. The molecule has 0 bridgehead atoms. The van der Waals surface area contributed by atoms with Crippen LogP contribution < -0.4 is 4.90 Å². The molecule has 5 rings (SSSR count). The van der Waals surface area contributed by atoms with Gasteiger partial charge in [-0.25, -0.2) is 15.0 Å². The molecule has 0 N–H and O–H groups in total. The highest BCUT2D eigenvalue weighted by molar-refractivity contribution is 5.79. The first-order valence-corrected chi connectivity index (χ1v) is 10.3. The zero-order valence-electron chi connectivity index (χ0n) is 17.7. The highest BCUT2D eigenvalue weighted by Gasteiger charge is 2.22. The van der Waals surface area contributed by atoms with Crippen LogP contribution in [0, 0.1) is 13.8 Å². The number of benzene rings is 1. The number of oxazole rings is 1. The van der Waals surface area contributed by atoms with Gasteiger partial charge in [0.1, 0.15) is 23.4 Å². The average molecular weight is 440 g/mol. The Labute approximate surface area is 182 Å².